The molecule has 0 bridgehead atoms. The molecule has 1 aromatic rings. The fraction of sp³-hybridized carbons (Fsp3) is 0.385. The molecule has 1 aliphatic rings. The molecule has 0 aromatic heterocycles. The van der Waals surface area contributed by atoms with E-state index in [4.69, 9.17) is 15.2 Å². The minimum Gasteiger partial charge on any atom is -0.493 e. The standard InChI is InChI=1S/C13H17N3O3/c1-3-18-11-5-9-4-8(2)19-12(9)6-10(11)7-15-16-13(14)17/h5-8H,3-4H2,1-2H3,(H3,14,16,17)/b15-7-/t8-/m0/s1. The molecule has 0 aliphatic carbocycles. The molecule has 3 N–H and O–H groups in total. The van der Waals surface area contributed by atoms with Crippen molar-refractivity contribution in [3.8, 4) is 11.5 Å². The first-order chi connectivity index (χ1) is 9.10. The molecule has 2 amide bonds. The van der Waals surface area contributed by atoms with Crippen LogP contribution in [0.3, 0.4) is 0 Å². The van der Waals surface area contributed by atoms with Crippen LogP contribution in [0, 0.1) is 0 Å². The summed E-state index contributed by atoms with van der Waals surface area (Å²) in [6.07, 6.45) is 2.52. The normalized spacial score (nSPS) is 17.1. The number of benzene rings is 1. The van der Waals surface area contributed by atoms with Crippen molar-refractivity contribution in [2.24, 2.45) is 10.8 Å². The molecule has 6 heteroatoms. The van der Waals surface area contributed by atoms with Gasteiger partial charge in [0.25, 0.3) is 0 Å². The minimum absolute atomic E-state index is 0.167. The zero-order valence-corrected chi connectivity index (χ0v) is 11.0. The summed E-state index contributed by atoms with van der Waals surface area (Å²) in [6.45, 7) is 4.48. The van der Waals surface area contributed by atoms with Crippen molar-refractivity contribution in [1.82, 2.24) is 5.43 Å². The van der Waals surface area contributed by atoms with Gasteiger partial charge in [-0.05, 0) is 26.0 Å². The molecule has 1 atom stereocenters. The van der Waals surface area contributed by atoms with Gasteiger partial charge in [0.2, 0.25) is 0 Å². The van der Waals surface area contributed by atoms with E-state index in [-0.39, 0.29) is 6.10 Å². The van der Waals surface area contributed by atoms with Crippen LogP contribution in [0.5, 0.6) is 11.5 Å². The Morgan fingerprint density at radius 2 is 2.47 bits per heavy atom. The van der Waals surface area contributed by atoms with E-state index in [1.807, 2.05) is 26.0 Å². The molecule has 0 saturated carbocycles. The highest BCUT2D eigenvalue weighted by Crippen LogP contribution is 2.34. The van der Waals surface area contributed by atoms with Crippen molar-refractivity contribution < 1.29 is 14.3 Å². The summed E-state index contributed by atoms with van der Waals surface area (Å²) in [5.41, 5.74) is 8.95. The third-order valence-corrected chi connectivity index (χ3v) is 2.71. The van der Waals surface area contributed by atoms with E-state index in [1.54, 1.807) is 0 Å². The summed E-state index contributed by atoms with van der Waals surface area (Å²) in [7, 11) is 0. The second-order valence-electron chi connectivity index (χ2n) is 4.30. The Hall–Kier alpha value is -2.24. The van der Waals surface area contributed by atoms with E-state index in [0.717, 1.165) is 23.3 Å². The minimum atomic E-state index is -0.708. The third-order valence-electron chi connectivity index (χ3n) is 2.71. The van der Waals surface area contributed by atoms with Crippen molar-refractivity contribution in [1.29, 1.82) is 0 Å². The molecule has 0 unspecified atom stereocenters. The number of carbonyl (C=O) groups excluding carboxylic acids is 1. The third kappa shape index (κ3) is 3.15. The van der Waals surface area contributed by atoms with Crippen LogP contribution in [0.4, 0.5) is 4.79 Å². The molecule has 1 aromatic carbocycles. The zero-order chi connectivity index (χ0) is 13.8. The molecule has 0 fully saturated rings. The molecular weight excluding hydrogens is 246 g/mol. The number of hydrazone groups is 1. The Morgan fingerprint density at radius 1 is 1.68 bits per heavy atom. The lowest BCUT2D eigenvalue weighted by Gasteiger charge is -2.09. The topological polar surface area (TPSA) is 85.9 Å². The van der Waals surface area contributed by atoms with Crippen LogP contribution in [0.25, 0.3) is 0 Å². The van der Waals surface area contributed by atoms with Gasteiger partial charge in [0.15, 0.2) is 0 Å². The largest absolute Gasteiger partial charge is 0.493 e. The molecule has 1 heterocycles. The average Bonchev–Trinajstić information content (AvgIpc) is 2.68. The summed E-state index contributed by atoms with van der Waals surface area (Å²) in [5, 5.41) is 3.74. The summed E-state index contributed by atoms with van der Waals surface area (Å²) in [4.78, 5) is 10.6. The highest BCUT2D eigenvalue weighted by Gasteiger charge is 2.21. The number of rotatable bonds is 4. The van der Waals surface area contributed by atoms with Crippen LogP contribution >= 0.6 is 0 Å². The number of amides is 2. The van der Waals surface area contributed by atoms with E-state index in [2.05, 4.69) is 10.5 Å². The van der Waals surface area contributed by atoms with Crippen molar-refractivity contribution in [2.75, 3.05) is 6.61 Å². The first-order valence-electron chi connectivity index (χ1n) is 6.15. The number of nitrogens with zero attached hydrogens (tertiary/aromatic N) is 1. The van der Waals surface area contributed by atoms with E-state index < -0.39 is 6.03 Å². The van der Waals surface area contributed by atoms with Gasteiger partial charge in [0.1, 0.15) is 17.6 Å². The number of hydrogen-bond acceptors (Lipinski definition) is 4. The molecule has 0 saturated heterocycles. The maximum atomic E-state index is 10.6. The number of fused-ring (bicyclic) bond motifs is 1. The van der Waals surface area contributed by atoms with E-state index in [1.165, 1.54) is 6.21 Å². The van der Waals surface area contributed by atoms with E-state index in [0.29, 0.717) is 12.4 Å². The lowest BCUT2D eigenvalue weighted by atomic mass is 10.1. The van der Waals surface area contributed by atoms with Crippen LogP contribution in [0.15, 0.2) is 17.2 Å². The van der Waals surface area contributed by atoms with Gasteiger partial charge in [-0.25, -0.2) is 10.2 Å². The highest BCUT2D eigenvalue weighted by molar-refractivity contribution is 5.86. The molecule has 1 aliphatic heterocycles. The van der Waals surface area contributed by atoms with Gasteiger partial charge in [-0.2, -0.15) is 5.10 Å². The van der Waals surface area contributed by atoms with Gasteiger partial charge < -0.3 is 15.2 Å². The number of primary amides is 1. The fourth-order valence-electron chi connectivity index (χ4n) is 2.00. The summed E-state index contributed by atoms with van der Waals surface area (Å²) in [5.74, 6) is 1.55. The second-order valence-corrected chi connectivity index (χ2v) is 4.30. The van der Waals surface area contributed by atoms with Gasteiger partial charge in [0.05, 0.1) is 12.8 Å². The lowest BCUT2D eigenvalue weighted by Crippen LogP contribution is -2.24. The number of urea groups is 1. The van der Waals surface area contributed by atoms with Crippen LogP contribution in [0.2, 0.25) is 0 Å². The highest BCUT2D eigenvalue weighted by atomic mass is 16.5. The smallest absolute Gasteiger partial charge is 0.332 e. The predicted molar refractivity (Wildman–Crippen MR) is 71.7 cm³/mol. The maximum Gasteiger partial charge on any atom is 0.332 e. The Bertz CT molecular complexity index is 514. The number of hydrogen-bond donors (Lipinski definition) is 2. The zero-order valence-electron chi connectivity index (χ0n) is 11.0. The molecular formula is C13H17N3O3. The molecule has 19 heavy (non-hydrogen) atoms. The number of nitrogens with one attached hydrogen (secondary N) is 1. The van der Waals surface area contributed by atoms with Gasteiger partial charge in [-0.15, -0.1) is 0 Å². The van der Waals surface area contributed by atoms with Crippen molar-refractivity contribution in [3.63, 3.8) is 0 Å². The average molecular weight is 263 g/mol. The first-order valence-corrected chi connectivity index (χ1v) is 6.15. The second kappa shape index (κ2) is 5.60. The molecule has 102 valence electrons. The quantitative estimate of drug-likeness (QED) is 0.636. The molecule has 6 nitrogen and oxygen atoms in total. The molecule has 0 radical (unpaired) electrons. The Morgan fingerprint density at radius 3 is 3.16 bits per heavy atom. The van der Waals surface area contributed by atoms with E-state index >= 15 is 0 Å². The fourth-order valence-corrected chi connectivity index (χ4v) is 2.00. The van der Waals surface area contributed by atoms with Crippen LogP contribution in [-0.4, -0.2) is 25.0 Å². The van der Waals surface area contributed by atoms with E-state index in [9.17, 15) is 4.79 Å². The van der Waals surface area contributed by atoms with Crippen molar-refractivity contribution in [2.45, 2.75) is 26.4 Å². The van der Waals surface area contributed by atoms with Crippen molar-refractivity contribution in [3.05, 3.63) is 23.3 Å². The number of nitrogens with two attached hydrogens (primary N) is 1. The Labute approximate surface area is 111 Å². The van der Waals surface area contributed by atoms with Gasteiger partial charge in [-0.1, -0.05) is 0 Å². The van der Waals surface area contributed by atoms with Crippen LogP contribution < -0.4 is 20.6 Å². The van der Waals surface area contributed by atoms with Crippen LogP contribution in [0.1, 0.15) is 25.0 Å². The summed E-state index contributed by atoms with van der Waals surface area (Å²) < 4.78 is 11.2. The predicted octanol–water partition coefficient (Wildman–Crippen LogP) is 1.41. The number of ether oxygens (including phenoxy) is 2. The monoisotopic (exact) mass is 263 g/mol. The first kappa shape index (κ1) is 13.2. The van der Waals surface area contributed by atoms with Gasteiger partial charge in [-0.3, -0.25) is 0 Å². The molecule has 2 rings (SSSR count). The van der Waals surface area contributed by atoms with Crippen molar-refractivity contribution >= 4 is 12.2 Å². The lowest BCUT2D eigenvalue weighted by molar-refractivity contribution is 0.249. The van der Waals surface area contributed by atoms with Gasteiger partial charge >= 0.3 is 6.03 Å². The Kier molecular flexibility index (Phi) is 3.89. The van der Waals surface area contributed by atoms with Crippen LogP contribution in [-0.2, 0) is 6.42 Å². The summed E-state index contributed by atoms with van der Waals surface area (Å²) >= 11 is 0. The number of carbonyl (C=O) groups is 1. The molecule has 0 spiro atoms. The van der Waals surface area contributed by atoms with Gasteiger partial charge in [0, 0.05) is 17.5 Å². The summed E-state index contributed by atoms with van der Waals surface area (Å²) in [6, 6.07) is 3.10. The maximum absolute atomic E-state index is 10.6. The SMILES string of the molecule is CCOc1cc2c(cc1/C=N\NC(N)=O)O[C@@H](C)C2. The Balaban J connectivity index is 2.28.